The number of anilines is 2. The summed E-state index contributed by atoms with van der Waals surface area (Å²) < 4.78 is 0. The van der Waals surface area contributed by atoms with Crippen molar-refractivity contribution in [2.24, 2.45) is 0 Å². The number of hydrogen-bond donors (Lipinski definition) is 3. The Balaban J connectivity index is 2.15. The van der Waals surface area contributed by atoms with Crippen LogP contribution in [-0.2, 0) is 4.79 Å². The molecule has 96 valence electrons. The molecule has 2 aromatic heterocycles. The molecule has 2 rings (SSSR count). The van der Waals surface area contributed by atoms with Crippen LogP contribution in [0.3, 0.4) is 0 Å². The van der Waals surface area contributed by atoms with Crippen LogP contribution in [0.1, 0.15) is 6.42 Å². The van der Waals surface area contributed by atoms with Gasteiger partial charge in [0.25, 0.3) is 0 Å². The fraction of sp³-hybridized carbons (Fsp3) is 0.364. The van der Waals surface area contributed by atoms with E-state index in [2.05, 4.69) is 25.9 Å². The van der Waals surface area contributed by atoms with Crippen molar-refractivity contribution in [3.05, 3.63) is 11.4 Å². The van der Waals surface area contributed by atoms with Crippen LogP contribution in [-0.4, -0.2) is 36.5 Å². The highest BCUT2D eigenvalue weighted by atomic mass is 32.1. The second-order valence-corrected chi connectivity index (χ2v) is 4.53. The van der Waals surface area contributed by atoms with Crippen molar-refractivity contribution in [1.29, 1.82) is 0 Å². The molecule has 0 unspecified atom stereocenters. The van der Waals surface area contributed by atoms with E-state index in [1.54, 1.807) is 25.4 Å². The van der Waals surface area contributed by atoms with Gasteiger partial charge in [-0.05, 0) is 11.4 Å². The SMILES string of the molecule is CNC(=O)CCNc1nc(NC)nc2sccc12. The van der Waals surface area contributed by atoms with Crippen LogP contribution in [0.25, 0.3) is 10.2 Å². The lowest BCUT2D eigenvalue weighted by Crippen LogP contribution is -2.21. The maximum atomic E-state index is 11.1. The molecule has 6 nitrogen and oxygen atoms in total. The first kappa shape index (κ1) is 12.6. The minimum Gasteiger partial charge on any atom is -0.369 e. The Morgan fingerprint density at radius 2 is 2.22 bits per heavy atom. The predicted octanol–water partition coefficient (Wildman–Crippen LogP) is 1.28. The highest BCUT2D eigenvalue weighted by Gasteiger charge is 2.08. The largest absolute Gasteiger partial charge is 0.369 e. The van der Waals surface area contributed by atoms with Crippen LogP contribution in [0.2, 0.25) is 0 Å². The molecule has 0 aliphatic heterocycles. The maximum absolute atomic E-state index is 11.1. The first-order valence-corrected chi connectivity index (χ1v) is 6.50. The molecule has 0 bridgehead atoms. The van der Waals surface area contributed by atoms with Crippen LogP contribution in [0.5, 0.6) is 0 Å². The van der Waals surface area contributed by atoms with Crippen molar-refractivity contribution < 1.29 is 4.79 Å². The number of amides is 1. The number of rotatable bonds is 5. The molecule has 0 spiro atoms. The van der Waals surface area contributed by atoms with Crippen molar-refractivity contribution in [2.75, 3.05) is 31.3 Å². The van der Waals surface area contributed by atoms with Crippen molar-refractivity contribution in [3.63, 3.8) is 0 Å². The minimum atomic E-state index is 0.00644. The number of nitrogens with zero attached hydrogens (tertiary/aromatic N) is 2. The van der Waals surface area contributed by atoms with Crippen molar-refractivity contribution >= 4 is 39.2 Å². The topological polar surface area (TPSA) is 78.9 Å². The van der Waals surface area contributed by atoms with Gasteiger partial charge in [-0.25, -0.2) is 4.98 Å². The number of nitrogens with one attached hydrogen (secondary N) is 3. The molecule has 18 heavy (non-hydrogen) atoms. The number of carbonyl (C=O) groups excluding carboxylic acids is 1. The van der Waals surface area contributed by atoms with Gasteiger partial charge in [-0.15, -0.1) is 11.3 Å². The molecule has 0 aliphatic carbocycles. The molecule has 2 heterocycles. The normalized spacial score (nSPS) is 10.3. The van der Waals surface area contributed by atoms with E-state index in [9.17, 15) is 4.79 Å². The van der Waals surface area contributed by atoms with E-state index in [-0.39, 0.29) is 5.91 Å². The maximum Gasteiger partial charge on any atom is 0.225 e. The van der Waals surface area contributed by atoms with E-state index >= 15 is 0 Å². The van der Waals surface area contributed by atoms with Crippen LogP contribution in [0.15, 0.2) is 11.4 Å². The summed E-state index contributed by atoms with van der Waals surface area (Å²) >= 11 is 1.56. The Kier molecular flexibility index (Phi) is 3.93. The third-order valence-corrected chi connectivity index (χ3v) is 3.28. The minimum absolute atomic E-state index is 0.00644. The van der Waals surface area contributed by atoms with Crippen LogP contribution in [0.4, 0.5) is 11.8 Å². The lowest BCUT2D eigenvalue weighted by Gasteiger charge is -2.08. The number of carbonyl (C=O) groups is 1. The first-order valence-electron chi connectivity index (χ1n) is 5.62. The Hall–Kier alpha value is -1.89. The van der Waals surface area contributed by atoms with Gasteiger partial charge < -0.3 is 16.0 Å². The van der Waals surface area contributed by atoms with Gasteiger partial charge in [0.15, 0.2) is 0 Å². The Morgan fingerprint density at radius 1 is 1.39 bits per heavy atom. The molecule has 7 heteroatoms. The van der Waals surface area contributed by atoms with Crippen molar-refractivity contribution in [3.8, 4) is 0 Å². The summed E-state index contributed by atoms with van der Waals surface area (Å²) in [7, 11) is 3.41. The lowest BCUT2D eigenvalue weighted by atomic mass is 10.3. The molecule has 0 aromatic carbocycles. The molecule has 0 radical (unpaired) electrons. The summed E-state index contributed by atoms with van der Waals surface area (Å²) in [4.78, 5) is 20.8. The average molecular weight is 265 g/mol. The third-order valence-electron chi connectivity index (χ3n) is 2.47. The van der Waals surface area contributed by atoms with Gasteiger partial charge in [-0.3, -0.25) is 4.79 Å². The van der Waals surface area contributed by atoms with Gasteiger partial charge in [0.05, 0.1) is 5.39 Å². The van der Waals surface area contributed by atoms with Crippen LogP contribution in [0, 0.1) is 0 Å². The fourth-order valence-corrected chi connectivity index (χ4v) is 2.29. The quantitative estimate of drug-likeness (QED) is 0.759. The standard InChI is InChI=1S/C11H15N5OS/c1-12-8(17)3-5-14-9-7-4-6-18-10(7)16-11(13-2)15-9/h4,6H,3,5H2,1-2H3,(H,12,17)(H2,13,14,15,16). The summed E-state index contributed by atoms with van der Waals surface area (Å²) in [6.07, 6.45) is 0.418. The van der Waals surface area contributed by atoms with Gasteiger partial charge in [0, 0.05) is 27.1 Å². The summed E-state index contributed by atoms with van der Waals surface area (Å²) in [6.45, 7) is 0.546. The first-order chi connectivity index (χ1) is 8.74. The highest BCUT2D eigenvalue weighted by molar-refractivity contribution is 7.16. The zero-order valence-corrected chi connectivity index (χ0v) is 11.1. The number of hydrogen-bond acceptors (Lipinski definition) is 6. The van der Waals surface area contributed by atoms with Crippen LogP contribution >= 0.6 is 11.3 Å². The molecular weight excluding hydrogens is 250 g/mol. The molecule has 2 aromatic rings. The van der Waals surface area contributed by atoms with Gasteiger partial charge >= 0.3 is 0 Å². The molecule has 1 amide bonds. The Labute approximate surface area is 109 Å². The van der Waals surface area contributed by atoms with E-state index < -0.39 is 0 Å². The van der Waals surface area contributed by atoms with E-state index in [1.165, 1.54) is 0 Å². The molecule has 0 fully saturated rings. The number of aromatic nitrogens is 2. The average Bonchev–Trinajstić information content (AvgIpc) is 2.86. The zero-order valence-electron chi connectivity index (χ0n) is 10.3. The molecule has 3 N–H and O–H groups in total. The van der Waals surface area contributed by atoms with Gasteiger partial charge in [-0.1, -0.05) is 0 Å². The second-order valence-electron chi connectivity index (χ2n) is 3.64. The van der Waals surface area contributed by atoms with Crippen LogP contribution < -0.4 is 16.0 Å². The fourth-order valence-electron chi connectivity index (χ4n) is 1.52. The predicted molar refractivity (Wildman–Crippen MR) is 74.1 cm³/mol. The number of fused-ring (bicyclic) bond motifs is 1. The molecule has 0 atom stereocenters. The van der Waals surface area contributed by atoms with Crippen molar-refractivity contribution in [1.82, 2.24) is 15.3 Å². The summed E-state index contributed by atoms with van der Waals surface area (Å²) in [5.74, 6) is 1.34. The van der Waals surface area contributed by atoms with E-state index in [0.717, 1.165) is 16.0 Å². The van der Waals surface area contributed by atoms with Gasteiger partial charge in [0.2, 0.25) is 11.9 Å². The third kappa shape index (κ3) is 2.67. The smallest absolute Gasteiger partial charge is 0.225 e. The molecule has 0 saturated carbocycles. The Bertz CT molecular complexity index is 553. The van der Waals surface area contributed by atoms with E-state index in [1.807, 2.05) is 11.4 Å². The summed E-state index contributed by atoms with van der Waals surface area (Å²) in [6, 6.07) is 1.97. The summed E-state index contributed by atoms with van der Waals surface area (Å²) in [5.41, 5.74) is 0. The molecule has 0 saturated heterocycles. The lowest BCUT2D eigenvalue weighted by molar-refractivity contribution is -0.120. The van der Waals surface area contributed by atoms with Gasteiger partial charge in [0.1, 0.15) is 10.6 Å². The zero-order chi connectivity index (χ0) is 13.0. The molecule has 0 aliphatic rings. The van der Waals surface area contributed by atoms with Crippen molar-refractivity contribution in [2.45, 2.75) is 6.42 Å². The second kappa shape index (κ2) is 5.63. The van der Waals surface area contributed by atoms with Gasteiger partial charge in [-0.2, -0.15) is 4.98 Å². The Morgan fingerprint density at radius 3 is 2.94 bits per heavy atom. The summed E-state index contributed by atoms with van der Waals surface area (Å²) in [5, 5.41) is 11.6. The number of thiophene rings is 1. The van der Waals surface area contributed by atoms with E-state index in [0.29, 0.717) is 18.9 Å². The highest BCUT2D eigenvalue weighted by Crippen LogP contribution is 2.26. The monoisotopic (exact) mass is 265 g/mol. The van der Waals surface area contributed by atoms with E-state index in [4.69, 9.17) is 0 Å². The molecular formula is C11H15N5OS.